The summed E-state index contributed by atoms with van der Waals surface area (Å²) in [6, 6.07) is 0. The predicted octanol–water partition coefficient (Wildman–Crippen LogP) is 0.363. The molecule has 14 heavy (non-hydrogen) atoms. The van der Waals surface area contributed by atoms with Gasteiger partial charge in [0.15, 0.2) is 5.96 Å². The van der Waals surface area contributed by atoms with Crippen molar-refractivity contribution in [3.63, 3.8) is 0 Å². The second-order valence-electron chi connectivity index (χ2n) is 4.63. The summed E-state index contributed by atoms with van der Waals surface area (Å²) in [5, 5.41) is 17.2. The zero-order valence-electron chi connectivity index (χ0n) is 8.45. The number of hydrogen-bond acceptors (Lipinski definition) is 2. The summed E-state index contributed by atoms with van der Waals surface area (Å²) >= 11 is 0. The summed E-state index contributed by atoms with van der Waals surface area (Å²) in [7, 11) is 0. The topological polar surface area (TPSA) is 73.3 Å². The summed E-state index contributed by atoms with van der Waals surface area (Å²) in [6.45, 7) is 1.50. The minimum Gasteiger partial charge on any atom is -0.393 e. The summed E-state index contributed by atoms with van der Waals surface area (Å²) in [4.78, 5) is 1.87. The van der Waals surface area contributed by atoms with Crippen LogP contribution in [0.5, 0.6) is 0 Å². The molecular weight excluding hydrogens is 178 g/mol. The van der Waals surface area contributed by atoms with Gasteiger partial charge in [0.05, 0.1) is 6.10 Å². The lowest BCUT2D eigenvalue weighted by atomic mass is 9.90. The number of hydrogen-bond donors (Lipinski definition) is 3. The molecule has 1 saturated carbocycles. The van der Waals surface area contributed by atoms with Crippen LogP contribution in [0, 0.1) is 17.2 Å². The van der Waals surface area contributed by atoms with E-state index in [9.17, 15) is 5.11 Å². The molecule has 1 aliphatic heterocycles. The SMILES string of the molecule is N=C(N)N1CC[C@@H](O)[C@@H](CC2CC2)C1. The smallest absolute Gasteiger partial charge is 0.188 e. The Morgan fingerprint density at radius 3 is 2.71 bits per heavy atom. The van der Waals surface area contributed by atoms with Crippen LogP contribution in [-0.2, 0) is 0 Å². The maximum Gasteiger partial charge on any atom is 0.188 e. The Kier molecular flexibility index (Phi) is 2.63. The lowest BCUT2D eigenvalue weighted by Gasteiger charge is -2.36. The molecule has 0 radical (unpaired) electrons. The van der Waals surface area contributed by atoms with Crippen LogP contribution in [0.3, 0.4) is 0 Å². The van der Waals surface area contributed by atoms with Gasteiger partial charge < -0.3 is 15.7 Å². The predicted molar refractivity (Wildman–Crippen MR) is 54.9 cm³/mol. The van der Waals surface area contributed by atoms with Gasteiger partial charge in [-0.15, -0.1) is 0 Å². The molecule has 1 aliphatic carbocycles. The molecule has 1 saturated heterocycles. The second-order valence-corrected chi connectivity index (χ2v) is 4.63. The van der Waals surface area contributed by atoms with Crippen LogP contribution >= 0.6 is 0 Å². The molecule has 0 unspecified atom stereocenters. The molecule has 0 bridgehead atoms. The standard InChI is InChI=1S/C10H19N3O/c11-10(12)13-4-3-9(14)8(6-13)5-7-1-2-7/h7-9,14H,1-6H2,(H3,11,12)/t8-,9+/m0/s1. The van der Waals surface area contributed by atoms with Crippen LogP contribution < -0.4 is 5.73 Å². The molecule has 0 spiro atoms. The molecule has 4 N–H and O–H groups in total. The number of piperidine rings is 1. The van der Waals surface area contributed by atoms with Gasteiger partial charge in [-0.25, -0.2) is 0 Å². The first-order valence-electron chi connectivity index (χ1n) is 5.44. The Bertz CT molecular complexity index is 227. The van der Waals surface area contributed by atoms with E-state index in [0.717, 1.165) is 31.8 Å². The number of nitrogens with zero attached hydrogens (tertiary/aromatic N) is 1. The van der Waals surface area contributed by atoms with Gasteiger partial charge in [0.1, 0.15) is 0 Å². The number of rotatable bonds is 2. The normalized spacial score (nSPS) is 33.1. The van der Waals surface area contributed by atoms with Crippen molar-refractivity contribution < 1.29 is 5.11 Å². The molecule has 4 heteroatoms. The van der Waals surface area contributed by atoms with E-state index in [4.69, 9.17) is 11.1 Å². The van der Waals surface area contributed by atoms with Crippen LogP contribution in [-0.4, -0.2) is 35.2 Å². The molecule has 1 heterocycles. The van der Waals surface area contributed by atoms with Crippen LogP contribution in [0.1, 0.15) is 25.7 Å². The fraction of sp³-hybridized carbons (Fsp3) is 0.900. The molecular formula is C10H19N3O. The van der Waals surface area contributed by atoms with E-state index in [1.54, 1.807) is 0 Å². The van der Waals surface area contributed by atoms with E-state index < -0.39 is 0 Å². The zero-order valence-corrected chi connectivity index (χ0v) is 8.45. The number of guanidine groups is 1. The van der Waals surface area contributed by atoms with Crippen LogP contribution in [0.4, 0.5) is 0 Å². The van der Waals surface area contributed by atoms with Gasteiger partial charge in [-0.1, -0.05) is 12.8 Å². The Hall–Kier alpha value is -0.770. The van der Waals surface area contributed by atoms with Crippen LogP contribution in [0.15, 0.2) is 0 Å². The van der Waals surface area contributed by atoms with Gasteiger partial charge in [0.2, 0.25) is 0 Å². The maximum absolute atomic E-state index is 9.81. The van der Waals surface area contributed by atoms with Crippen molar-refractivity contribution in [3.8, 4) is 0 Å². The number of likely N-dealkylation sites (tertiary alicyclic amines) is 1. The van der Waals surface area contributed by atoms with E-state index in [2.05, 4.69) is 0 Å². The van der Waals surface area contributed by atoms with Gasteiger partial charge in [0.25, 0.3) is 0 Å². The first kappa shape index (κ1) is 9.77. The molecule has 4 nitrogen and oxygen atoms in total. The average molecular weight is 197 g/mol. The number of aliphatic hydroxyl groups is 1. The third-order valence-corrected chi connectivity index (χ3v) is 3.37. The molecule has 2 rings (SSSR count). The molecule has 2 aliphatic rings. The highest BCUT2D eigenvalue weighted by atomic mass is 16.3. The zero-order chi connectivity index (χ0) is 10.1. The summed E-state index contributed by atoms with van der Waals surface area (Å²) in [5.74, 6) is 1.32. The van der Waals surface area contributed by atoms with Crippen molar-refractivity contribution in [1.29, 1.82) is 5.41 Å². The third kappa shape index (κ3) is 2.18. The first-order chi connectivity index (χ1) is 6.66. The molecule has 0 aromatic rings. The van der Waals surface area contributed by atoms with Crippen molar-refractivity contribution >= 4 is 5.96 Å². The fourth-order valence-corrected chi connectivity index (χ4v) is 2.25. The van der Waals surface area contributed by atoms with Crippen molar-refractivity contribution in [2.75, 3.05) is 13.1 Å². The van der Waals surface area contributed by atoms with Gasteiger partial charge in [0, 0.05) is 19.0 Å². The molecule has 80 valence electrons. The van der Waals surface area contributed by atoms with Gasteiger partial charge in [-0.2, -0.15) is 0 Å². The highest BCUT2D eigenvalue weighted by molar-refractivity contribution is 5.74. The number of aliphatic hydroxyl groups excluding tert-OH is 1. The number of nitrogens with one attached hydrogen (secondary N) is 1. The highest BCUT2D eigenvalue weighted by Crippen LogP contribution is 2.37. The van der Waals surface area contributed by atoms with E-state index in [1.165, 1.54) is 12.8 Å². The average Bonchev–Trinajstić information content (AvgIpc) is 2.92. The summed E-state index contributed by atoms with van der Waals surface area (Å²) < 4.78 is 0. The van der Waals surface area contributed by atoms with Crippen LogP contribution in [0.2, 0.25) is 0 Å². The van der Waals surface area contributed by atoms with Gasteiger partial charge in [-0.05, 0) is 18.8 Å². The van der Waals surface area contributed by atoms with Crippen LogP contribution in [0.25, 0.3) is 0 Å². The Morgan fingerprint density at radius 2 is 2.14 bits per heavy atom. The van der Waals surface area contributed by atoms with Crippen molar-refractivity contribution in [3.05, 3.63) is 0 Å². The minimum atomic E-state index is -0.175. The van der Waals surface area contributed by atoms with Crippen molar-refractivity contribution in [2.24, 2.45) is 17.6 Å². The largest absolute Gasteiger partial charge is 0.393 e. The minimum absolute atomic E-state index is 0.151. The monoisotopic (exact) mass is 197 g/mol. The van der Waals surface area contributed by atoms with E-state index in [1.807, 2.05) is 4.90 Å². The van der Waals surface area contributed by atoms with Crippen molar-refractivity contribution in [2.45, 2.75) is 31.8 Å². The van der Waals surface area contributed by atoms with E-state index in [-0.39, 0.29) is 12.1 Å². The lowest BCUT2D eigenvalue weighted by molar-refractivity contribution is 0.0425. The molecule has 2 atom stereocenters. The summed E-state index contributed by atoms with van der Waals surface area (Å²) in [6.07, 6.45) is 4.35. The Morgan fingerprint density at radius 1 is 1.43 bits per heavy atom. The first-order valence-corrected chi connectivity index (χ1v) is 5.44. The Labute approximate surface area is 84.6 Å². The molecule has 0 aromatic carbocycles. The Balaban J connectivity index is 1.88. The summed E-state index contributed by atoms with van der Waals surface area (Å²) in [5.41, 5.74) is 5.45. The molecule has 0 amide bonds. The molecule has 2 fully saturated rings. The second kappa shape index (κ2) is 3.77. The van der Waals surface area contributed by atoms with E-state index in [0.29, 0.717) is 5.92 Å². The lowest BCUT2D eigenvalue weighted by Crippen LogP contribution is -2.48. The quantitative estimate of drug-likeness (QED) is 0.442. The molecule has 0 aromatic heterocycles. The third-order valence-electron chi connectivity index (χ3n) is 3.37. The van der Waals surface area contributed by atoms with Crippen molar-refractivity contribution in [1.82, 2.24) is 4.90 Å². The highest BCUT2D eigenvalue weighted by Gasteiger charge is 2.33. The fourth-order valence-electron chi connectivity index (χ4n) is 2.25. The van der Waals surface area contributed by atoms with E-state index >= 15 is 0 Å². The van der Waals surface area contributed by atoms with Gasteiger partial charge >= 0.3 is 0 Å². The van der Waals surface area contributed by atoms with Gasteiger partial charge in [-0.3, -0.25) is 5.41 Å². The number of nitrogens with two attached hydrogens (primary N) is 1. The maximum atomic E-state index is 9.81.